The highest BCUT2D eigenvalue weighted by atomic mass is 19.1. The van der Waals surface area contributed by atoms with E-state index >= 15 is 0 Å². The predicted molar refractivity (Wildman–Crippen MR) is 137 cm³/mol. The summed E-state index contributed by atoms with van der Waals surface area (Å²) < 4.78 is 18.8. The number of hydrazine groups is 1. The van der Waals surface area contributed by atoms with E-state index in [-0.39, 0.29) is 11.6 Å². The van der Waals surface area contributed by atoms with Crippen molar-refractivity contribution in [2.75, 3.05) is 47.1 Å². The first-order valence-electron chi connectivity index (χ1n) is 11.9. The number of aliphatic imine (C=N–C) groups is 1. The van der Waals surface area contributed by atoms with Crippen LogP contribution in [-0.4, -0.2) is 74.2 Å². The van der Waals surface area contributed by atoms with Gasteiger partial charge in [0.2, 0.25) is 6.41 Å². The number of rotatable bonds is 15. The van der Waals surface area contributed by atoms with Gasteiger partial charge < -0.3 is 20.7 Å². The summed E-state index contributed by atoms with van der Waals surface area (Å²) in [5.74, 6) is -0.0660. The van der Waals surface area contributed by atoms with E-state index in [1.54, 1.807) is 13.2 Å². The monoisotopic (exact) mass is 478 g/mol. The van der Waals surface area contributed by atoms with Crippen molar-refractivity contribution in [3.05, 3.63) is 47.2 Å². The molecule has 0 aliphatic carbocycles. The lowest BCUT2D eigenvalue weighted by atomic mass is 10.1. The van der Waals surface area contributed by atoms with Crippen molar-refractivity contribution in [1.29, 1.82) is 0 Å². The van der Waals surface area contributed by atoms with Crippen LogP contribution < -0.4 is 11.1 Å². The third-order valence-electron chi connectivity index (χ3n) is 5.51. The van der Waals surface area contributed by atoms with Crippen molar-refractivity contribution in [2.45, 2.75) is 47.0 Å². The van der Waals surface area contributed by atoms with Crippen LogP contribution in [0.1, 0.15) is 47.0 Å². The Labute approximate surface area is 204 Å². The van der Waals surface area contributed by atoms with E-state index in [0.29, 0.717) is 18.9 Å². The second-order valence-corrected chi connectivity index (χ2v) is 8.35. The zero-order chi connectivity index (χ0) is 25.5. The summed E-state index contributed by atoms with van der Waals surface area (Å²) >= 11 is 0. The minimum Gasteiger partial charge on any atom is -0.383 e. The van der Waals surface area contributed by atoms with Crippen LogP contribution in [0.2, 0.25) is 0 Å². The molecule has 0 fully saturated rings. The number of nitrogens with one attached hydrogen (secondary N) is 1. The van der Waals surface area contributed by atoms with Crippen LogP contribution in [0.25, 0.3) is 0 Å². The van der Waals surface area contributed by atoms with Crippen LogP contribution >= 0.6 is 0 Å². The first-order valence-corrected chi connectivity index (χ1v) is 11.9. The van der Waals surface area contributed by atoms with Gasteiger partial charge in [-0.2, -0.15) is 5.01 Å². The summed E-state index contributed by atoms with van der Waals surface area (Å²) in [5, 5.41) is 6.53. The van der Waals surface area contributed by atoms with Gasteiger partial charge >= 0.3 is 0 Å². The standard InChI is InChI=1S/C25H43FN6O2/c1-7-13-31(15-16-34-6)14-9-10-22(8-2)32-24(25(27)28-18-30(32)5)17-20(3)11-12-23(21(4)26)29-19-33/h8,11-12,17,19-20H,7,9-10,13-16,18H2,1-6H3,(H2,27,28)(H,29,33)/b12-11-,22-8-,23-21?,24-17+. The summed E-state index contributed by atoms with van der Waals surface area (Å²) in [7, 11) is 3.72. The SMILES string of the molecule is C/C=C(/CCCN(CCC)CCOC)N1/C(=C/C(C)/C=C\C(NC=O)=C(C)F)C(N)=NCN1C. The lowest BCUT2D eigenvalue weighted by Crippen LogP contribution is -2.46. The number of methoxy groups -OCH3 is 1. The molecule has 0 aromatic heterocycles. The van der Waals surface area contributed by atoms with Crippen molar-refractivity contribution >= 4 is 12.2 Å². The van der Waals surface area contributed by atoms with E-state index in [9.17, 15) is 9.18 Å². The molecule has 1 rings (SSSR count). The Bertz CT molecular complexity index is 786. The first-order chi connectivity index (χ1) is 16.3. The van der Waals surface area contributed by atoms with Crippen LogP contribution in [0.3, 0.4) is 0 Å². The van der Waals surface area contributed by atoms with Crippen molar-refractivity contribution in [2.24, 2.45) is 16.6 Å². The number of ether oxygens (including phenoxy) is 1. The average Bonchev–Trinajstić information content (AvgIpc) is 2.80. The quantitative estimate of drug-likeness (QED) is 0.277. The number of nitrogens with two attached hydrogens (primary N) is 1. The molecule has 8 nitrogen and oxygen atoms in total. The van der Waals surface area contributed by atoms with Crippen molar-refractivity contribution in [3.8, 4) is 0 Å². The molecule has 0 aromatic carbocycles. The van der Waals surface area contributed by atoms with Gasteiger partial charge in [-0.1, -0.05) is 26.0 Å². The summed E-state index contributed by atoms with van der Waals surface area (Å²) in [5.41, 5.74) is 8.39. The molecular formula is C25H43FN6O2. The van der Waals surface area contributed by atoms with E-state index < -0.39 is 5.83 Å². The Kier molecular flexibility index (Phi) is 14.1. The molecule has 9 heteroatoms. The molecule has 0 bridgehead atoms. The topological polar surface area (TPSA) is 86.4 Å². The Morgan fingerprint density at radius 3 is 2.71 bits per heavy atom. The predicted octanol–water partition coefficient (Wildman–Crippen LogP) is 3.53. The van der Waals surface area contributed by atoms with Gasteiger partial charge in [0, 0.05) is 26.4 Å². The molecule has 192 valence electrons. The van der Waals surface area contributed by atoms with Gasteiger partial charge in [0.1, 0.15) is 18.3 Å². The fourth-order valence-corrected chi connectivity index (χ4v) is 3.75. The summed E-state index contributed by atoms with van der Waals surface area (Å²) in [6, 6.07) is 0. The van der Waals surface area contributed by atoms with E-state index in [2.05, 4.69) is 33.2 Å². The highest BCUT2D eigenvalue weighted by Gasteiger charge is 2.25. The van der Waals surface area contributed by atoms with Gasteiger partial charge in [-0.3, -0.25) is 9.80 Å². The number of carbonyl (C=O) groups is 1. The molecule has 0 aromatic rings. The number of hydrogen-bond acceptors (Lipinski definition) is 7. The first kappa shape index (κ1) is 29.5. The normalized spacial score (nSPS) is 18.5. The van der Waals surface area contributed by atoms with Crippen molar-refractivity contribution in [1.82, 2.24) is 20.2 Å². The lowest BCUT2D eigenvalue weighted by molar-refractivity contribution is -0.108. The smallest absolute Gasteiger partial charge is 0.211 e. The minimum absolute atomic E-state index is 0.0762. The van der Waals surface area contributed by atoms with E-state index in [4.69, 9.17) is 10.5 Å². The molecule has 0 spiro atoms. The van der Waals surface area contributed by atoms with Gasteiger partial charge in [0.15, 0.2) is 0 Å². The molecule has 1 aliphatic rings. The Morgan fingerprint density at radius 2 is 2.12 bits per heavy atom. The Morgan fingerprint density at radius 1 is 1.38 bits per heavy atom. The molecule has 1 amide bonds. The second-order valence-electron chi connectivity index (χ2n) is 8.35. The summed E-state index contributed by atoms with van der Waals surface area (Å²) in [6.07, 6.45) is 11.0. The summed E-state index contributed by atoms with van der Waals surface area (Å²) in [4.78, 5) is 17.6. The Hall–Kier alpha value is -2.49. The highest BCUT2D eigenvalue weighted by molar-refractivity contribution is 5.97. The summed E-state index contributed by atoms with van der Waals surface area (Å²) in [6.45, 7) is 11.7. The third-order valence-corrected chi connectivity index (χ3v) is 5.51. The molecule has 0 saturated heterocycles. The van der Waals surface area contributed by atoms with E-state index in [0.717, 1.165) is 56.9 Å². The zero-order valence-corrected chi connectivity index (χ0v) is 21.7. The molecular weight excluding hydrogens is 435 g/mol. The van der Waals surface area contributed by atoms with Crippen LogP contribution in [-0.2, 0) is 9.53 Å². The number of nitrogens with zero attached hydrogens (tertiary/aromatic N) is 4. The van der Waals surface area contributed by atoms with Gasteiger partial charge in [-0.05, 0) is 64.3 Å². The minimum atomic E-state index is -0.456. The largest absolute Gasteiger partial charge is 0.383 e. The Balaban J connectivity index is 3.02. The van der Waals surface area contributed by atoms with Crippen LogP contribution in [0.15, 0.2) is 52.2 Å². The molecule has 0 radical (unpaired) electrons. The molecule has 1 heterocycles. The van der Waals surface area contributed by atoms with Gasteiger partial charge in [-0.25, -0.2) is 9.38 Å². The average molecular weight is 479 g/mol. The number of allylic oxidation sites excluding steroid dienone is 6. The maximum atomic E-state index is 13.6. The number of amidine groups is 1. The number of carbonyl (C=O) groups excluding carboxylic acids is 1. The van der Waals surface area contributed by atoms with E-state index in [1.165, 1.54) is 6.92 Å². The zero-order valence-electron chi connectivity index (χ0n) is 21.7. The van der Waals surface area contributed by atoms with Gasteiger partial charge in [0.25, 0.3) is 0 Å². The number of amides is 1. The number of halogens is 1. The fourth-order valence-electron chi connectivity index (χ4n) is 3.75. The molecule has 3 N–H and O–H groups in total. The molecule has 1 unspecified atom stereocenters. The molecule has 34 heavy (non-hydrogen) atoms. The van der Waals surface area contributed by atoms with Crippen LogP contribution in [0, 0.1) is 5.92 Å². The second kappa shape index (κ2) is 16.2. The maximum Gasteiger partial charge on any atom is 0.211 e. The third kappa shape index (κ3) is 9.79. The van der Waals surface area contributed by atoms with Crippen LogP contribution in [0.4, 0.5) is 4.39 Å². The van der Waals surface area contributed by atoms with Crippen molar-refractivity contribution < 1.29 is 13.9 Å². The molecule has 1 aliphatic heterocycles. The molecule has 1 atom stereocenters. The lowest BCUT2D eigenvalue weighted by Gasteiger charge is -2.39. The van der Waals surface area contributed by atoms with Crippen molar-refractivity contribution in [3.63, 3.8) is 0 Å². The van der Waals surface area contributed by atoms with Gasteiger partial charge in [0.05, 0.1) is 18.0 Å². The number of hydrogen-bond donors (Lipinski definition) is 2. The highest BCUT2D eigenvalue weighted by Crippen LogP contribution is 2.25. The fraction of sp³-hybridized carbons (Fsp3) is 0.600. The van der Waals surface area contributed by atoms with Crippen LogP contribution in [0.5, 0.6) is 0 Å². The van der Waals surface area contributed by atoms with Gasteiger partial charge in [-0.15, -0.1) is 0 Å². The van der Waals surface area contributed by atoms with E-state index in [1.807, 2.05) is 38.1 Å². The maximum absolute atomic E-state index is 13.6. The molecule has 0 saturated carbocycles.